The van der Waals surface area contributed by atoms with Gasteiger partial charge in [0.25, 0.3) is 0 Å². The maximum atomic E-state index is 4.90. The molecule has 8 nitrogen and oxygen atoms in total. The Labute approximate surface area is 173 Å². The Morgan fingerprint density at radius 1 is 0.741 bits per heavy atom. The van der Waals surface area contributed by atoms with E-state index in [1.165, 1.54) is 0 Å². The number of hydrogen-bond donors (Lipinski definition) is 0. The van der Waals surface area contributed by atoms with Gasteiger partial charge in [-0.3, -0.25) is 9.97 Å². The van der Waals surface area contributed by atoms with Crippen LogP contribution in [0, 0.1) is 12.4 Å². The molecule has 4 rings (SSSR count). The van der Waals surface area contributed by atoms with Crippen LogP contribution in [0.5, 0.6) is 0 Å². The predicted molar refractivity (Wildman–Crippen MR) is 100 cm³/mol. The van der Waals surface area contributed by atoms with E-state index in [-0.39, 0.29) is 0 Å². The Morgan fingerprint density at radius 3 is 1.33 bits per heavy atom. The fourth-order valence-corrected chi connectivity index (χ4v) is 2.23. The van der Waals surface area contributed by atoms with Gasteiger partial charge in [0.15, 0.2) is 0 Å². The van der Waals surface area contributed by atoms with Crippen molar-refractivity contribution in [3.8, 4) is 23.0 Å². The van der Waals surface area contributed by atoms with Crippen molar-refractivity contribution in [1.29, 1.82) is 0 Å². The van der Waals surface area contributed by atoms with E-state index in [2.05, 4.69) is 32.3 Å². The predicted octanol–water partition coefficient (Wildman–Crippen LogP) is 2.62. The number of hydrogen-bond acceptors (Lipinski definition) is 4. The monoisotopic (exact) mass is 584 g/mol. The van der Waals surface area contributed by atoms with Crippen molar-refractivity contribution < 1.29 is 15.4 Å². The van der Waals surface area contributed by atoms with Crippen molar-refractivity contribution in [1.82, 2.24) is 38.2 Å². The molecule has 0 aliphatic carbocycles. The minimum absolute atomic E-state index is 0.639. The van der Waals surface area contributed by atoms with E-state index in [4.69, 9.17) is 19.3 Å². The standard InChI is InChI=1S/2C8H9N4.2ClH.Os/c2*1-11-4-3-10-8(11)7-5-9-6-12(7)2;;;/h2*3-4,6H,1-2H3;2*1H;/q2*-1;;;+2/p-2. The molecule has 4 aromatic rings. The number of halogens is 2. The molecule has 0 aliphatic rings. The first-order chi connectivity index (χ1) is 13.0. The molecule has 0 radical (unpaired) electrons. The van der Waals surface area contributed by atoms with Crippen LogP contribution >= 0.6 is 19.3 Å². The third-order valence-corrected chi connectivity index (χ3v) is 3.57. The third kappa shape index (κ3) is 5.52. The molecule has 0 bridgehead atoms. The van der Waals surface area contributed by atoms with Crippen LogP contribution in [-0.4, -0.2) is 38.2 Å². The summed E-state index contributed by atoms with van der Waals surface area (Å²) in [5, 5.41) is 0. The van der Waals surface area contributed by atoms with Crippen LogP contribution in [0.25, 0.3) is 23.0 Å². The quantitative estimate of drug-likeness (QED) is 0.341. The Balaban J connectivity index is 0.000000170. The molecular weight excluding hydrogens is 565 g/mol. The maximum absolute atomic E-state index is 4.90. The van der Waals surface area contributed by atoms with E-state index in [0.29, 0.717) is 0 Å². The van der Waals surface area contributed by atoms with Gasteiger partial charge in [0.2, 0.25) is 0 Å². The molecule has 11 heteroatoms. The first-order valence-electron chi connectivity index (χ1n) is 7.58. The summed E-state index contributed by atoms with van der Waals surface area (Å²) < 4.78 is 7.66. The molecule has 0 saturated heterocycles. The van der Waals surface area contributed by atoms with Gasteiger partial charge < -0.3 is 28.2 Å². The van der Waals surface area contributed by atoms with E-state index in [1.54, 1.807) is 25.0 Å². The van der Waals surface area contributed by atoms with Gasteiger partial charge in [0.1, 0.15) is 0 Å². The molecule has 0 fully saturated rings. The van der Waals surface area contributed by atoms with Crippen molar-refractivity contribution in [3.05, 3.63) is 49.8 Å². The summed E-state index contributed by atoms with van der Waals surface area (Å²) in [7, 11) is 17.5. The summed E-state index contributed by atoms with van der Waals surface area (Å²) >= 11 is -0.639. The summed E-state index contributed by atoms with van der Waals surface area (Å²) in [5.41, 5.74) is 1.81. The van der Waals surface area contributed by atoms with Gasteiger partial charge in [0.05, 0.1) is 11.6 Å². The van der Waals surface area contributed by atoms with Gasteiger partial charge in [-0.25, -0.2) is 0 Å². The van der Waals surface area contributed by atoms with Crippen LogP contribution in [0.4, 0.5) is 0 Å². The summed E-state index contributed by atoms with van der Waals surface area (Å²) in [6, 6.07) is 0. The molecule has 4 heterocycles. The minimum atomic E-state index is -0.639. The molecule has 0 amide bonds. The first kappa shape index (κ1) is 21.4. The molecule has 0 aromatic carbocycles. The van der Waals surface area contributed by atoms with Crippen molar-refractivity contribution in [2.75, 3.05) is 0 Å². The molecule has 0 unspecified atom stereocenters. The zero-order valence-electron chi connectivity index (χ0n) is 15.2. The fourth-order valence-electron chi connectivity index (χ4n) is 2.23. The average molecular weight is 584 g/mol. The summed E-state index contributed by atoms with van der Waals surface area (Å²) in [5.74, 6) is 1.77. The van der Waals surface area contributed by atoms with Gasteiger partial charge in [-0.15, -0.1) is 0 Å². The fraction of sp³-hybridized carbons (Fsp3) is 0.250. The van der Waals surface area contributed by atoms with E-state index >= 15 is 0 Å². The second-order valence-electron chi connectivity index (χ2n) is 5.41. The SMILES string of the molecule is Cn1cn[c-]c1-c1nccn1C.Cn1cn[c-]c1-c1nccn1C.[Cl][Os][Cl]. The van der Waals surface area contributed by atoms with Crippen LogP contribution in [0.15, 0.2) is 37.4 Å². The summed E-state index contributed by atoms with van der Waals surface area (Å²) in [6.07, 6.45) is 16.5. The average Bonchev–Trinajstić information content (AvgIpc) is 3.40. The second kappa shape index (κ2) is 10.4. The van der Waals surface area contributed by atoms with E-state index in [0.717, 1.165) is 23.0 Å². The van der Waals surface area contributed by atoms with Crippen molar-refractivity contribution in [2.24, 2.45) is 28.2 Å². The summed E-state index contributed by atoms with van der Waals surface area (Å²) in [6.45, 7) is 0. The normalized spacial score (nSPS) is 10.1. The van der Waals surface area contributed by atoms with Gasteiger partial charge >= 0.3 is 34.7 Å². The van der Waals surface area contributed by atoms with Crippen LogP contribution in [0.2, 0.25) is 0 Å². The number of rotatable bonds is 2. The van der Waals surface area contributed by atoms with Gasteiger partial charge in [-0.05, 0) is 38.1 Å². The zero-order chi connectivity index (χ0) is 19.8. The molecule has 0 spiro atoms. The van der Waals surface area contributed by atoms with Crippen LogP contribution in [0.3, 0.4) is 0 Å². The molecule has 4 aromatic heterocycles. The van der Waals surface area contributed by atoms with Crippen LogP contribution in [0.1, 0.15) is 0 Å². The zero-order valence-corrected chi connectivity index (χ0v) is 19.2. The van der Waals surface area contributed by atoms with Gasteiger partial charge in [-0.1, -0.05) is 12.4 Å². The van der Waals surface area contributed by atoms with Crippen molar-refractivity contribution in [3.63, 3.8) is 0 Å². The Kier molecular flexibility index (Phi) is 8.23. The Hall–Kier alpha value is -1.94. The molecule has 0 atom stereocenters. The Morgan fingerprint density at radius 2 is 1.11 bits per heavy atom. The van der Waals surface area contributed by atoms with E-state index in [1.807, 2.05) is 58.9 Å². The Bertz CT molecular complexity index is 802. The topological polar surface area (TPSA) is 71.3 Å². The number of imidazole rings is 4. The molecule has 27 heavy (non-hydrogen) atoms. The second-order valence-corrected chi connectivity index (χ2v) is 9.08. The molecule has 0 N–H and O–H groups in total. The van der Waals surface area contributed by atoms with Crippen molar-refractivity contribution in [2.45, 2.75) is 0 Å². The third-order valence-electron chi connectivity index (χ3n) is 3.57. The van der Waals surface area contributed by atoms with Crippen LogP contribution in [-0.2, 0) is 43.6 Å². The number of nitrogens with zero attached hydrogens (tertiary/aromatic N) is 8. The first-order valence-corrected chi connectivity index (χ1v) is 13.9. The number of aryl methyl sites for hydroxylation is 4. The molecular formula is C16H18Cl2N8Os-2. The van der Waals surface area contributed by atoms with Gasteiger partial charge in [0, 0.05) is 38.9 Å². The molecule has 0 saturated carbocycles. The molecule has 0 aliphatic heterocycles. The summed E-state index contributed by atoms with van der Waals surface area (Å²) in [4.78, 5) is 16.2. The van der Waals surface area contributed by atoms with E-state index < -0.39 is 15.4 Å². The van der Waals surface area contributed by atoms with Crippen LogP contribution < -0.4 is 0 Å². The van der Waals surface area contributed by atoms with E-state index in [9.17, 15) is 0 Å². The van der Waals surface area contributed by atoms with Gasteiger partial charge in [-0.2, -0.15) is 0 Å². The number of aromatic nitrogens is 8. The molecule has 146 valence electrons. The van der Waals surface area contributed by atoms with Crippen molar-refractivity contribution >= 4 is 19.3 Å².